The third kappa shape index (κ3) is 4.04. The first-order valence-electron chi connectivity index (χ1n) is 6.81. The van der Waals surface area contributed by atoms with Crippen molar-refractivity contribution < 1.29 is 9.53 Å². The van der Waals surface area contributed by atoms with E-state index in [9.17, 15) is 4.79 Å². The number of aromatic nitrogens is 1. The van der Waals surface area contributed by atoms with E-state index in [1.165, 1.54) is 5.56 Å². The van der Waals surface area contributed by atoms with Gasteiger partial charge in [-0.1, -0.05) is 12.1 Å². The van der Waals surface area contributed by atoms with E-state index in [0.717, 1.165) is 22.0 Å². The number of rotatable bonds is 5. The molecular formula is C16H20N2O2S. The summed E-state index contributed by atoms with van der Waals surface area (Å²) in [4.78, 5) is 17.4. The zero-order valence-electron chi connectivity index (χ0n) is 12.8. The van der Waals surface area contributed by atoms with Crippen LogP contribution in [0.25, 0.3) is 0 Å². The Hall–Kier alpha value is -1.88. The van der Waals surface area contributed by atoms with Gasteiger partial charge in [0.1, 0.15) is 17.4 Å². The maximum absolute atomic E-state index is 11.2. The lowest BCUT2D eigenvalue weighted by Crippen LogP contribution is -2.23. The van der Waals surface area contributed by atoms with Gasteiger partial charge in [0.25, 0.3) is 0 Å². The SMILES string of the molecule is CC(=O)N(C)Cc1csc(COc2cccc(C)c2C)n1. The smallest absolute Gasteiger partial charge is 0.219 e. The number of ether oxygens (including phenoxy) is 1. The van der Waals surface area contributed by atoms with Gasteiger partial charge in [-0.25, -0.2) is 4.98 Å². The molecular weight excluding hydrogens is 284 g/mol. The van der Waals surface area contributed by atoms with Crippen LogP contribution in [0.3, 0.4) is 0 Å². The number of carbonyl (C=O) groups is 1. The van der Waals surface area contributed by atoms with Crippen molar-refractivity contribution in [1.82, 2.24) is 9.88 Å². The Morgan fingerprint density at radius 2 is 2.14 bits per heavy atom. The fourth-order valence-electron chi connectivity index (χ4n) is 1.86. The van der Waals surface area contributed by atoms with Crippen LogP contribution in [-0.2, 0) is 17.9 Å². The molecule has 0 radical (unpaired) electrons. The lowest BCUT2D eigenvalue weighted by Gasteiger charge is -2.12. The largest absolute Gasteiger partial charge is 0.486 e. The van der Waals surface area contributed by atoms with Crippen LogP contribution in [-0.4, -0.2) is 22.8 Å². The lowest BCUT2D eigenvalue weighted by atomic mass is 10.1. The maximum atomic E-state index is 11.2. The number of aryl methyl sites for hydroxylation is 1. The van der Waals surface area contributed by atoms with E-state index in [1.54, 1.807) is 30.2 Å². The summed E-state index contributed by atoms with van der Waals surface area (Å²) in [5.74, 6) is 0.934. The summed E-state index contributed by atoms with van der Waals surface area (Å²) >= 11 is 1.56. The molecule has 0 fully saturated rings. The molecule has 4 nitrogen and oxygen atoms in total. The normalized spacial score (nSPS) is 10.5. The third-order valence-corrected chi connectivity index (χ3v) is 4.31. The summed E-state index contributed by atoms with van der Waals surface area (Å²) in [6.07, 6.45) is 0. The molecule has 0 bridgehead atoms. The second kappa shape index (κ2) is 6.72. The van der Waals surface area contributed by atoms with Crippen molar-refractivity contribution in [2.45, 2.75) is 33.9 Å². The van der Waals surface area contributed by atoms with E-state index in [4.69, 9.17) is 4.74 Å². The zero-order valence-corrected chi connectivity index (χ0v) is 13.7. The first-order chi connectivity index (χ1) is 9.97. The molecule has 1 heterocycles. The van der Waals surface area contributed by atoms with Crippen molar-refractivity contribution in [3.63, 3.8) is 0 Å². The van der Waals surface area contributed by atoms with Crippen molar-refractivity contribution >= 4 is 17.2 Å². The standard InChI is InChI=1S/C16H20N2O2S/c1-11-6-5-7-15(12(11)2)20-9-16-17-14(10-21-16)8-18(4)13(3)19/h5-7,10H,8-9H2,1-4H3. The number of thiazole rings is 1. The average Bonchev–Trinajstić information content (AvgIpc) is 2.88. The lowest BCUT2D eigenvalue weighted by molar-refractivity contribution is -0.128. The molecule has 1 aromatic carbocycles. The topological polar surface area (TPSA) is 42.4 Å². The second-order valence-electron chi connectivity index (χ2n) is 5.09. The molecule has 2 rings (SSSR count). The molecule has 0 spiro atoms. The van der Waals surface area contributed by atoms with Gasteiger partial charge in [0.15, 0.2) is 0 Å². The van der Waals surface area contributed by atoms with E-state index >= 15 is 0 Å². The van der Waals surface area contributed by atoms with E-state index in [1.807, 2.05) is 17.5 Å². The van der Waals surface area contributed by atoms with Crippen molar-refractivity contribution in [3.8, 4) is 5.75 Å². The molecule has 21 heavy (non-hydrogen) atoms. The highest BCUT2D eigenvalue weighted by Crippen LogP contribution is 2.22. The van der Waals surface area contributed by atoms with E-state index in [0.29, 0.717) is 13.2 Å². The molecule has 0 aliphatic heterocycles. The van der Waals surface area contributed by atoms with Gasteiger partial charge in [0.2, 0.25) is 5.91 Å². The van der Waals surface area contributed by atoms with Gasteiger partial charge in [0, 0.05) is 19.4 Å². The summed E-state index contributed by atoms with van der Waals surface area (Å²) < 4.78 is 5.84. The highest BCUT2D eigenvalue weighted by molar-refractivity contribution is 7.09. The number of nitrogens with zero attached hydrogens (tertiary/aromatic N) is 2. The van der Waals surface area contributed by atoms with Gasteiger partial charge >= 0.3 is 0 Å². The van der Waals surface area contributed by atoms with E-state index < -0.39 is 0 Å². The van der Waals surface area contributed by atoms with Crippen LogP contribution in [0.2, 0.25) is 0 Å². The van der Waals surface area contributed by atoms with Crippen molar-refractivity contribution in [2.24, 2.45) is 0 Å². The predicted molar refractivity (Wildman–Crippen MR) is 84.5 cm³/mol. The van der Waals surface area contributed by atoms with E-state index in [-0.39, 0.29) is 5.91 Å². The van der Waals surface area contributed by atoms with Crippen LogP contribution in [0, 0.1) is 13.8 Å². The monoisotopic (exact) mass is 304 g/mol. The molecule has 112 valence electrons. The minimum atomic E-state index is 0.0381. The van der Waals surface area contributed by atoms with Crippen molar-refractivity contribution in [3.05, 3.63) is 45.4 Å². The summed E-state index contributed by atoms with van der Waals surface area (Å²) in [5.41, 5.74) is 3.28. The van der Waals surface area contributed by atoms with Crippen LogP contribution >= 0.6 is 11.3 Å². The molecule has 0 unspecified atom stereocenters. The van der Waals surface area contributed by atoms with Crippen LogP contribution in [0.4, 0.5) is 0 Å². The summed E-state index contributed by atoms with van der Waals surface area (Å²) in [6.45, 7) is 6.67. The number of benzene rings is 1. The second-order valence-corrected chi connectivity index (χ2v) is 6.04. The van der Waals surface area contributed by atoms with Crippen molar-refractivity contribution in [2.75, 3.05) is 7.05 Å². The van der Waals surface area contributed by atoms with E-state index in [2.05, 4.69) is 24.9 Å². The van der Waals surface area contributed by atoms with Gasteiger partial charge < -0.3 is 9.64 Å². The average molecular weight is 304 g/mol. The number of carbonyl (C=O) groups excluding carboxylic acids is 1. The van der Waals surface area contributed by atoms with Gasteiger partial charge in [-0.2, -0.15) is 0 Å². The Morgan fingerprint density at radius 3 is 2.86 bits per heavy atom. The molecule has 1 aromatic heterocycles. The Kier molecular flexibility index (Phi) is 4.96. The molecule has 0 saturated carbocycles. The Balaban J connectivity index is 1.97. The molecule has 5 heteroatoms. The fourth-order valence-corrected chi connectivity index (χ4v) is 2.56. The number of amides is 1. The van der Waals surface area contributed by atoms with Crippen LogP contribution < -0.4 is 4.74 Å². The quantitative estimate of drug-likeness (QED) is 0.851. The molecule has 1 amide bonds. The Morgan fingerprint density at radius 1 is 1.38 bits per heavy atom. The zero-order chi connectivity index (χ0) is 15.4. The summed E-state index contributed by atoms with van der Waals surface area (Å²) in [5, 5.41) is 2.89. The van der Waals surface area contributed by atoms with Crippen LogP contribution in [0.5, 0.6) is 5.75 Å². The minimum absolute atomic E-state index is 0.0381. The summed E-state index contributed by atoms with van der Waals surface area (Å²) in [7, 11) is 1.77. The highest BCUT2D eigenvalue weighted by Gasteiger charge is 2.08. The fraction of sp³-hybridized carbons (Fsp3) is 0.375. The van der Waals surface area contributed by atoms with Gasteiger partial charge in [0.05, 0.1) is 12.2 Å². The Bertz CT molecular complexity index is 637. The molecule has 0 N–H and O–H groups in total. The van der Waals surface area contributed by atoms with Crippen LogP contribution in [0.15, 0.2) is 23.6 Å². The van der Waals surface area contributed by atoms with Gasteiger partial charge in [-0.05, 0) is 31.0 Å². The minimum Gasteiger partial charge on any atom is -0.486 e. The third-order valence-electron chi connectivity index (χ3n) is 3.44. The van der Waals surface area contributed by atoms with Crippen LogP contribution in [0.1, 0.15) is 28.8 Å². The molecule has 2 aromatic rings. The molecule has 0 aliphatic rings. The molecule has 0 aliphatic carbocycles. The molecule has 0 atom stereocenters. The first kappa shape index (κ1) is 15.5. The number of hydrogen-bond donors (Lipinski definition) is 0. The first-order valence-corrected chi connectivity index (χ1v) is 7.69. The van der Waals surface area contributed by atoms with Gasteiger partial charge in [-0.15, -0.1) is 11.3 Å². The predicted octanol–water partition coefficient (Wildman–Crippen LogP) is 3.32. The maximum Gasteiger partial charge on any atom is 0.219 e. The number of hydrogen-bond acceptors (Lipinski definition) is 4. The van der Waals surface area contributed by atoms with Crippen molar-refractivity contribution in [1.29, 1.82) is 0 Å². The van der Waals surface area contributed by atoms with Gasteiger partial charge in [-0.3, -0.25) is 4.79 Å². The molecule has 0 saturated heterocycles. The highest BCUT2D eigenvalue weighted by atomic mass is 32.1. The summed E-state index contributed by atoms with van der Waals surface area (Å²) in [6, 6.07) is 6.04. The Labute approximate surface area is 129 Å².